The highest BCUT2D eigenvalue weighted by Crippen LogP contribution is 2.12. The summed E-state index contributed by atoms with van der Waals surface area (Å²) in [5.41, 5.74) is 0. The molecular weight excluding hydrogens is 190 g/mol. The van der Waals surface area contributed by atoms with Crippen LogP contribution in [0.15, 0.2) is 12.4 Å². The van der Waals surface area contributed by atoms with Crippen LogP contribution in [0, 0.1) is 0 Å². The van der Waals surface area contributed by atoms with Gasteiger partial charge >= 0.3 is 0 Å². The molecule has 1 atom stereocenters. The van der Waals surface area contributed by atoms with Crippen LogP contribution in [0.2, 0.25) is 0 Å². The first kappa shape index (κ1) is 12.0. The standard InChI is InChI=1S/C11H21N3O/c1-5-15-10(4)8-13-11-12-6-7-14(11)9(2)3/h6-7,9-10H,5,8H2,1-4H3,(H,12,13). The summed E-state index contributed by atoms with van der Waals surface area (Å²) in [5, 5.41) is 3.29. The second-order valence-electron chi connectivity index (χ2n) is 3.90. The summed E-state index contributed by atoms with van der Waals surface area (Å²) in [5.74, 6) is 0.913. The molecule has 1 aromatic heterocycles. The minimum absolute atomic E-state index is 0.215. The molecule has 4 nitrogen and oxygen atoms in total. The Hall–Kier alpha value is -1.03. The summed E-state index contributed by atoms with van der Waals surface area (Å²) in [4.78, 5) is 4.27. The van der Waals surface area contributed by atoms with Gasteiger partial charge in [-0.2, -0.15) is 0 Å². The maximum absolute atomic E-state index is 5.44. The Morgan fingerprint density at radius 3 is 2.80 bits per heavy atom. The SMILES string of the molecule is CCOC(C)CNc1nccn1C(C)C. The van der Waals surface area contributed by atoms with Crippen molar-refractivity contribution in [3.8, 4) is 0 Å². The van der Waals surface area contributed by atoms with Crippen LogP contribution < -0.4 is 5.32 Å². The van der Waals surface area contributed by atoms with Crippen molar-refractivity contribution in [2.75, 3.05) is 18.5 Å². The van der Waals surface area contributed by atoms with Crippen LogP contribution in [0.1, 0.15) is 33.7 Å². The van der Waals surface area contributed by atoms with Crippen LogP contribution in [0.4, 0.5) is 5.95 Å². The Labute approximate surface area is 91.7 Å². The van der Waals surface area contributed by atoms with E-state index in [1.807, 2.05) is 19.3 Å². The minimum Gasteiger partial charge on any atom is -0.377 e. The molecule has 0 amide bonds. The van der Waals surface area contributed by atoms with E-state index in [-0.39, 0.29) is 6.10 Å². The molecular formula is C11H21N3O. The molecule has 86 valence electrons. The van der Waals surface area contributed by atoms with Gasteiger partial charge in [0, 0.05) is 31.6 Å². The molecule has 0 aliphatic rings. The fourth-order valence-corrected chi connectivity index (χ4v) is 1.45. The zero-order valence-electron chi connectivity index (χ0n) is 10.0. The largest absolute Gasteiger partial charge is 0.377 e. The van der Waals surface area contributed by atoms with Crippen molar-refractivity contribution in [1.82, 2.24) is 9.55 Å². The summed E-state index contributed by atoms with van der Waals surface area (Å²) in [7, 11) is 0. The van der Waals surface area contributed by atoms with E-state index in [1.54, 1.807) is 0 Å². The average Bonchev–Trinajstić information content (AvgIpc) is 2.63. The van der Waals surface area contributed by atoms with E-state index in [4.69, 9.17) is 4.74 Å². The van der Waals surface area contributed by atoms with Crippen molar-refractivity contribution in [3.63, 3.8) is 0 Å². The summed E-state index contributed by atoms with van der Waals surface area (Å²) in [6.07, 6.45) is 4.01. The number of ether oxygens (including phenoxy) is 1. The molecule has 0 aliphatic heterocycles. The number of rotatable bonds is 6. The van der Waals surface area contributed by atoms with Crippen molar-refractivity contribution in [2.45, 2.75) is 39.8 Å². The summed E-state index contributed by atoms with van der Waals surface area (Å²) in [6, 6.07) is 0.428. The van der Waals surface area contributed by atoms with Crippen molar-refractivity contribution < 1.29 is 4.74 Å². The molecule has 0 spiro atoms. The number of hydrogen-bond acceptors (Lipinski definition) is 3. The summed E-state index contributed by atoms with van der Waals surface area (Å²) < 4.78 is 7.55. The first-order chi connectivity index (χ1) is 7.15. The molecule has 0 saturated carbocycles. The number of anilines is 1. The van der Waals surface area contributed by atoms with E-state index in [1.165, 1.54) is 0 Å². The second kappa shape index (κ2) is 5.75. The van der Waals surface area contributed by atoms with Gasteiger partial charge in [-0.15, -0.1) is 0 Å². The highest BCUT2D eigenvalue weighted by molar-refractivity contribution is 5.26. The summed E-state index contributed by atoms with van der Waals surface area (Å²) in [6.45, 7) is 9.88. The molecule has 1 unspecified atom stereocenters. The topological polar surface area (TPSA) is 39.1 Å². The van der Waals surface area contributed by atoms with Gasteiger partial charge in [0.2, 0.25) is 5.95 Å². The van der Waals surface area contributed by atoms with E-state index >= 15 is 0 Å². The molecule has 1 rings (SSSR count). The quantitative estimate of drug-likeness (QED) is 0.784. The predicted molar refractivity (Wildman–Crippen MR) is 62.2 cm³/mol. The van der Waals surface area contributed by atoms with Crippen LogP contribution in [0.25, 0.3) is 0 Å². The highest BCUT2D eigenvalue weighted by Gasteiger charge is 2.06. The van der Waals surface area contributed by atoms with Gasteiger partial charge in [0.05, 0.1) is 6.10 Å². The van der Waals surface area contributed by atoms with E-state index in [0.29, 0.717) is 6.04 Å². The van der Waals surface area contributed by atoms with Crippen molar-refractivity contribution in [3.05, 3.63) is 12.4 Å². The highest BCUT2D eigenvalue weighted by atomic mass is 16.5. The maximum Gasteiger partial charge on any atom is 0.203 e. The van der Waals surface area contributed by atoms with E-state index in [9.17, 15) is 0 Å². The Bertz CT molecular complexity index is 283. The van der Waals surface area contributed by atoms with Gasteiger partial charge in [-0.05, 0) is 27.7 Å². The van der Waals surface area contributed by atoms with Crippen LogP contribution >= 0.6 is 0 Å². The molecule has 0 saturated heterocycles. The summed E-state index contributed by atoms with van der Waals surface area (Å²) >= 11 is 0. The van der Waals surface area contributed by atoms with Gasteiger partial charge in [0.15, 0.2) is 0 Å². The van der Waals surface area contributed by atoms with Crippen molar-refractivity contribution >= 4 is 5.95 Å². The number of hydrogen-bond donors (Lipinski definition) is 1. The van der Waals surface area contributed by atoms with Crippen LogP contribution in [-0.2, 0) is 4.74 Å². The molecule has 4 heteroatoms. The Morgan fingerprint density at radius 2 is 2.20 bits per heavy atom. The first-order valence-electron chi connectivity index (χ1n) is 5.53. The number of imidazole rings is 1. The molecule has 1 aromatic rings. The van der Waals surface area contributed by atoms with Gasteiger partial charge in [-0.1, -0.05) is 0 Å². The lowest BCUT2D eigenvalue weighted by Crippen LogP contribution is -2.21. The zero-order chi connectivity index (χ0) is 11.3. The van der Waals surface area contributed by atoms with Crippen LogP contribution in [0.5, 0.6) is 0 Å². The van der Waals surface area contributed by atoms with E-state index in [0.717, 1.165) is 19.1 Å². The van der Waals surface area contributed by atoms with Crippen LogP contribution in [0.3, 0.4) is 0 Å². The zero-order valence-corrected chi connectivity index (χ0v) is 10.0. The molecule has 0 aromatic carbocycles. The fraction of sp³-hybridized carbons (Fsp3) is 0.727. The molecule has 0 bridgehead atoms. The van der Waals surface area contributed by atoms with Gasteiger partial charge in [0.25, 0.3) is 0 Å². The third-order valence-corrected chi connectivity index (χ3v) is 2.22. The Morgan fingerprint density at radius 1 is 1.47 bits per heavy atom. The lowest BCUT2D eigenvalue weighted by Gasteiger charge is -2.16. The number of nitrogens with zero attached hydrogens (tertiary/aromatic N) is 2. The minimum atomic E-state index is 0.215. The average molecular weight is 211 g/mol. The number of aromatic nitrogens is 2. The van der Waals surface area contributed by atoms with E-state index < -0.39 is 0 Å². The maximum atomic E-state index is 5.44. The molecule has 0 radical (unpaired) electrons. The van der Waals surface area contributed by atoms with Gasteiger partial charge in [-0.25, -0.2) is 4.98 Å². The third kappa shape index (κ3) is 3.55. The first-order valence-corrected chi connectivity index (χ1v) is 5.53. The van der Waals surface area contributed by atoms with Gasteiger partial charge in [0.1, 0.15) is 0 Å². The normalized spacial score (nSPS) is 13.1. The fourth-order valence-electron chi connectivity index (χ4n) is 1.45. The molecule has 15 heavy (non-hydrogen) atoms. The van der Waals surface area contributed by atoms with E-state index in [2.05, 4.69) is 35.6 Å². The lowest BCUT2D eigenvalue weighted by atomic mass is 10.4. The molecule has 0 fully saturated rings. The van der Waals surface area contributed by atoms with Gasteiger partial charge in [-0.3, -0.25) is 0 Å². The second-order valence-corrected chi connectivity index (χ2v) is 3.90. The third-order valence-electron chi connectivity index (χ3n) is 2.22. The smallest absolute Gasteiger partial charge is 0.203 e. The number of nitrogens with one attached hydrogen (secondary N) is 1. The molecule has 1 heterocycles. The van der Waals surface area contributed by atoms with Crippen molar-refractivity contribution in [1.29, 1.82) is 0 Å². The predicted octanol–water partition coefficient (Wildman–Crippen LogP) is 2.30. The van der Waals surface area contributed by atoms with Gasteiger partial charge < -0.3 is 14.6 Å². The lowest BCUT2D eigenvalue weighted by molar-refractivity contribution is 0.0853. The van der Waals surface area contributed by atoms with Crippen LogP contribution in [-0.4, -0.2) is 28.8 Å². The Kier molecular flexibility index (Phi) is 4.62. The molecule has 0 aliphatic carbocycles. The molecule has 1 N–H and O–H groups in total. The monoisotopic (exact) mass is 211 g/mol. The van der Waals surface area contributed by atoms with Crippen molar-refractivity contribution in [2.24, 2.45) is 0 Å². The Balaban J connectivity index is 2.46.